The lowest BCUT2D eigenvalue weighted by molar-refractivity contribution is 0.178. The van der Waals surface area contributed by atoms with Crippen LogP contribution in [0.3, 0.4) is 0 Å². The number of aromatic nitrogens is 3. The van der Waals surface area contributed by atoms with Gasteiger partial charge in [-0.1, -0.05) is 37.3 Å². The van der Waals surface area contributed by atoms with Crippen molar-refractivity contribution in [3.05, 3.63) is 101 Å². The molecule has 1 atom stereocenters. The first-order valence-electron chi connectivity index (χ1n) is 11.6. The number of carbonyl (C=O) groups is 1. The number of rotatable bonds is 4. The number of nitrogens with one attached hydrogen (secondary N) is 1. The third-order valence-electron chi connectivity index (χ3n) is 6.16. The maximum atomic E-state index is 13.8. The number of fused-ring (bicyclic) bond motifs is 3. The van der Waals surface area contributed by atoms with Crippen LogP contribution in [0.4, 0.5) is 9.18 Å². The molecule has 1 aliphatic heterocycles. The molecule has 2 amide bonds. The van der Waals surface area contributed by atoms with Crippen molar-refractivity contribution >= 4 is 6.03 Å². The standard InChI is InChI=1S/C27H28FN5O/c1-4-23-22-17-32(27(34)29-18(2)3)25(19-12-14-20(28)15-13-19)24-11-8-16-31(24)26(22)33(30-23)21-9-6-5-7-10-21/h5-16,18,25H,4,17H2,1-3H3,(H,29,34). The van der Waals surface area contributed by atoms with E-state index in [0.717, 1.165) is 40.4 Å². The van der Waals surface area contributed by atoms with Crippen LogP contribution in [-0.2, 0) is 13.0 Å². The molecular formula is C27H28FN5O. The van der Waals surface area contributed by atoms with Crippen LogP contribution in [0, 0.1) is 5.82 Å². The van der Waals surface area contributed by atoms with Gasteiger partial charge in [-0.25, -0.2) is 13.9 Å². The number of halogens is 1. The summed E-state index contributed by atoms with van der Waals surface area (Å²) < 4.78 is 17.9. The minimum absolute atomic E-state index is 0.0198. The quantitative estimate of drug-likeness (QED) is 0.447. The van der Waals surface area contributed by atoms with Gasteiger partial charge in [0.15, 0.2) is 0 Å². The maximum Gasteiger partial charge on any atom is 0.318 e. The van der Waals surface area contributed by atoms with E-state index in [0.29, 0.717) is 6.54 Å². The fourth-order valence-corrected chi connectivity index (χ4v) is 4.67. The summed E-state index contributed by atoms with van der Waals surface area (Å²) in [7, 11) is 0. The van der Waals surface area contributed by atoms with E-state index in [-0.39, 0.29) is 17.9 Å². The summed E-state index contributed by atoms with van der Waals surface area (Å²) in [6, 6.07) is 19.9. The summed E-state index contributed by atoms with van der Waals surface area (Å²) in [6.45, 7) is 6.35. The highest BCUT2D eigenvalue weighted by Gasteiger charge is 2.36. The molecule has 1 aliphatic rings. The third kappa shape index (κ3) is 3.77. The van der Waals surface area contributed by atoms with Gasteiger partial charge in [0.1, 0.15) is 11.6 Å². The highest BCUT2D eigenvalue weighted by molar-refractivity contribution is 5.76. The molecule has 5 rings (SSSR count). The molecule has 0 saturated carbocycles. The minimum Gasteiger partial charge on any atom is -0.336 e. The number of benzene rings is 2. The van der Waals surface area contributed by atoms with Crippen LogP contribution in [0.2, 0.25) is 0 Å². The van der Waals surface area contributed by atoms with Crippen molar-refractivity contribution < 1.29 is 9.18 Å². The second kappa shape index (κ2) is 8.82. The van der Waals surface area contributed by atoms with Crippen LogP contribution >= 0.6 is 0 Å². The molecule has 4 aromatic rings. The van der Waals surface area contributed by atoms with E-state index < -0.39 is 6.04 Å². The molecule has 0 bridgehead atoms. The first kappa shape index (κ1) is 21.9. The number of hydrogen-bond acceptors (Lipinski definition) is 2. The van der Waals surface area contributed by atoms with Gasteiger partial charge in [-0.15, -0.1) is 0 Å². The van der Waals surface area contributed by atoms with Crippen molar-refractivity contribution in [3.63, 3.8) is 0 Å². The number of aryl methyl sites for hydroxylation is 1. The average molecular weight is 458 g/mol. The zero-order chi connectivity index (χ0) is 23.8. The predicted molar refractivity (Wildman–Crippen MR) is 130 cm³/mol. The van der Waals surface area contributed by atoms with Crippen molar-refractivity contribution in [2.75, 3.05) is 0 Å². The second-order valence-electron chi connectivity index (χ2n) is 8.84. The fourth-order valence-electron chi connectivity index (χ4n) is 4.67. The Morgan fingerprint density at radius 2 is 1.82 bits per heavy atom. The monoisotopic (exact) mass is 457 g/mol. The van der Waals surface area contributed by atoms with E-state index in [1.54, 1.807) is 12.1 Å². The molecule has 1 N–H and O–H groups in total. The Labute approximate surface area is 198 Å². The van der Waals surface area contributed by atoms with E-state index in [9.17, 15) is 9.18 Å². The van der Waals surface area contributed by atoms with Gasteiger partial charge < -0.3 is 14.8 Å². The molecular weight excluding hydrogens is 429 g/mol. The Morgan fingerprint density at radius 3 is 2.50 bits per heavy atom. The number of carbonyl (C=O) groups excluding carboxylic acids is 1. The van der Waals surface area contributed by atoms with E-state index in [4.69, 9.17) is 5.10 Å². The topological polar surface area (TPSA) is 55.1 Å². The molecule has 7 heteroatoms. The summed E-state index contributed by atoms with van der Waals surface area (Å²) in [5.74, 6) is 0.622. The molecule has 6 nitrogen and oxygen atoms in total. The first-order chi connectivity index (χ1) is 16.5. The second-order valence-corrected chi connectivity index (χ2v) is 8.84. The van der Waals surface area contributed by atoms with Crippen LogP contribution in [0.1, 0.15) is 49.3 Å². The van der Waals surface area contributed by atoms with Crippen molar-refractivity contribution in [2.45, 2.75) is 45.8 Å². The van der Waals surface area contributed by atoms with E-state index >= 15 is 0 Å². The first-order valence-corrected chi connectivity index (χ1v) is 11.6. The SMILES string of the molecule is CCc1nn(-c2ccccc2)c2c1CN(C(=O)NC(C)C)C(c1ccc(F)cc1)c1cccn1-2. The Balaban J connectivity index is 1.76. The molecule has 0 saturated heterocycles. The summed E-state index contributed by atoms with van der Waals surface area (Å²) in [5.41, 5.74) is 4.68. The molecule has 2 aromatic heterocycles. The fraction of sp³-hybridized carbons (Fsp3) is 0.259. The third-order valence-corrected chi connectivity index (χ3v) is 6.16. The summed E-state index contributed by atoms with van der Waals surface area (Å²) >= 11 is 0. The van der Waals surface area contributed by atoms with Gasteiger partial charge in [0, 0.05) is 17.8 Å². The maximum absolute atomic E-state index is 13.8. The van der Waals surface area contributed by atoms with E-state index in [1.165, 1.54) is 12.1 Å². The Hall–Kier alpha value is -3.87. The number of nitrogens with zero attached hydrogens (tertiary/aromatic N) is 4. The van der Waals surface area contributed by atoms with E-state index in [1.807, 2.05) is 72.1 Å². The normalized spacial score (nSPS) is 15.1. The van der Waals surface area contributed by atoms with Crippen molar-refractivity contribution in [1.82, 2.24) is 24.6 Å². The van der Waals surface area contributed by atoms with Crippen LogP contribution in [0.15, 0.2) is 72.9 Å². The minimum atomic E-state index is -0.393. The van der Waals surface area contributed by atoms with Gasteiger partial charge in [-0.2, -0.15) is 5.10 Å². The summed E-state index contributed by atoms with van der Waals surface area (Å²) in [4.78, 5) is 15.4. The van der Waals surface area contributed by atoms with Gasteiger partial charge in [-0.3, -0.25) is 0 Å². The Morgan fingerprint density at radius 1 is 1.09 bits per heavy atom. The lowest BCUT2D eigenvalue weighted by atomic mass is 10.0. The van der Waals surface area contributed by atoms with Crippen molar-refractivity contribution in [1.29, 1.82) is 0 Å². The molecule has 0 aliphatic carbocycles. The zero-order valence-electron chi connectivity index (χ0n) is 19.6. The largest absolute Gasteiger partial charge is 0.336 e. The molecule has 34 heavy (non-hydrogen) atoms. The lowest BCUT2D eigenvalue weighted by Gasteiger charge is -2.31. The molecule has 174 valence electrons. The average Bonchev–Trinajstić information content (AvgIpc) is 3.41. The van der Waals surface area contributed by atoms with Gasteiger partial charge in [-0.05, 0) is 62.2 Å². The van der Waals surface area contributed by atoms with Crippen LogP contribution in [-0.4, -0.2) is 31.3 Å². The molecule has 0 spiro atoms. The predicted octanol–water partition coefficient (Wildman–Crippen LogP) is 5.39. The number of para-hydroxylation sites is 1. The molecule has 2 aromatic carbocycles. The molecule has 0 radical (unpaired) electrons. The highest BCUT2D eigenvalue weighted by Crippen LogP contribution is 2.38. The molecule has 3 heterocycles. The van der Waals surface area contributed by atoms with E-state index in [2.05, 4.69) is 16.8 Å². The van der Waals surface area contributed by atoms with Gasteiger partial charge >= 0.3 is 6.03 Å². The van der Waals surface area contributed by atoms with Gasteiger partial charge in [0.05, 0.1) is 29.7 Å². The summed E-state index contributed by atoms with van der Waals surface area (Å²) in [6.07, 6.45) is 2.74. The van der Waals surface area contributed by atoms with Crippen molar-refractivity contribution in [3.8, 4) is 11.5 Å². The summed E-state index contributed by atoms with van der Waals surface area (Å²) in [5, 5.41) is 8.01. The number of hydrogen-bond donors (Lipinski definition) is 1. The number of amides is 2. The molecule has 0 fully saturated rings. The highest BCUT2D eigenvalue weighted by atomic mass is 19.1. The lowest BCUT2D eigenvalue weighted by Crippen LogP contribution is -2.44. The van der Waals surface area contributed by atoms with Crippen LogP contribution in [0.25, 0.3) is 11.5 Å². The van der Waals surface area contributed by atoms with Crippen LogP contribution in [0.5, 0.6) is 0 Å². The van der Waals surface area contributed by atoms with Gasteiger partial charge in [0.25, 0.3) is 0 Å². The van der Waals surface area contributed by atoms with Gasteiger partial charge in [0.2, 0.25) is 0 Å². The van der Waals surface area contributed by atoms with Crippen molar-refractivity contribution in [2.24, 2.45) is 0 Å². The Kier molecular flexibility index (Phi) is 5.69. The zero-order valence-corrected chi connectivity index (χ0v) is 19.6. The number of urea groups is 1. The Bertz CT molecular complexity index is 1310. The van der Waals surface area contributed by atoms with Crippen LogP contribution < -0.4 is 5.32 Å². The smallest absolute Gasteiger partial charge is 0.318 e. The molecule has 1 unspecified atom stereocenters.